The van der Waals surface area contributed by atoms with Gasteiger partial charge in [0.05, 0.1) is 0 Å². The highest BCUT2D eigenvalue weighted by atomic mass is 79.9. The summed E-state index contributed by atoms with van der Waals surface area (Å²) in [5.74, 6) is 0.0316. The molecule has 1 aromatic rings. The monoisotopic (exact) mass is 325 g/mol. The number of amides is 1. The molecule has 0 heterocycles. The molecule has 1 unspecified atom stereocenters. The standard InChI is InChI=1S/C16H24BrNO/c1-3-4-5-6-7-13(2)18-16(19)15-10-8-14(12-17)9-11-15/h8-11,13H,3-7,12H2,1-2H3,(H,18,19). The van der Waals surface area contributed by atoms with E-state index in [1.165, 1.54) is 31.2 Å². The number of nitrogens with one attached hydrogen (secondary N) is 1. The number of carbonyl (C=O) groups excluding carboxylic acids is 1. The number of unbranched alkanes of at least 4 members (excludes halogenated alkanes) is 3. The van der Waals surface area contributed by atoms with Crippen LogP contribution < -0.4 is 5.32 Å². The van der Waals surface area contributed by atoms with Crippen LogP contribution in [0.1, 0.15) is 61.9 Å². The largest absolute Gasteiger partial charge is 0.350 e. The van der Waals surface area contributed by atoms with Crippen LogP contribution in [0, 0.1) is 0 Å². The number of halogens is 1. The fraction of sp³-hybridized carbons (Fsp3) is 0.562. The molecule has 1 amide bonds. The maximum atomic E-state index is 12.0. The average Bonchev–Trinajstić information content (AvgIpc) is 2.43. The summed E-state index contributed by atoms with van der Waals surface area (Å²) in [4.78, 5) is 12.0. The van der Waals surface area contributed by atoms with Crippen LogP contribution in [0.4, 0.5) is 0 Å². The van der Waals surface area contributed by atoms with Crippen molar-refractivity contribution in [1.82, 2.24) is 5.32 Å². The van der Waals surface area contributed by atoms with Gasteiger partial charge in [0.15, 0.2) is 0 Å². The number of hydrogen-bond donors (Lipinski definition) is 1. The van der Waals surface area contributed by atoms with Gasteiger partial charge >= 0.3 is 0 Å². The second kappa shape index (κ2) is 9.13. The van der Waals surface area contributed by atoms with Gasteiger partial charge in [-0.25, -0.2) is 0 Å². The lowest BCUT2D eigenvalue weighted by Gasteiger charge is -2.13. The minimum Gasteiger partial charge on any atom is -0.350 e. The summed E-state index contributed by atoms with van der Waals surface area (Å²) < 4.78 is 0. The topological polar surface area (TPSA) is 29.1 Å². The first kappa shape index (κ1) is 16.2. The van der Waals surface area contributed by atoms with E-state index >= 15 is 0 Å². The molecule has 1 N–H and O–H groups in total. The van der Waals surface area contributed by atoms with Gasteiger partial charge in [0.1, 0.15) is 0 Å². The Balaban J connectivity index is 2.36. The predicted molar refractivity (Wildman–Crippen MR) is 84.8 cm³/mol. The van der Waals surface area contributed by atoms with E-state index in [0.717, 1.165) is 17.3 Å². The minimum absolute atomic E-state index is 0.0316. The fourth-order valence-electron chi connectivity index (χ4n) is 2.00. The molecule has 0 radical (unpaired) electrons. The first-order valence-electron chi connectivity index (χ1n) is 7.13. The molecule has 0 aliphatic rings. The molecular weight excluding hydrogens is 302 g/mol. The first-order valence-corrected chi connectivity index (χ1v) is 8.25. The number of hydrogen-bond acceptors (Lipinski definition) is 1. The molecule has 0 aliphatic carbocycles. The van der Waals surface area contributed by atoms with Gasteiger partial charge in [-0.05, 0) is 31.0 Å². The van der Waals surface area contributed by atoms with Crippen molar-refractivity contribution < 1.29 is 4.79 Å². The van der Waals surface area contributed by atoms with E-state index in [1.807, 2.05) is 24.3 Å². The molecule has 106 valence electrons. The Labute approximate surface area is 125 Å². The molecule has 0 saturated carbocycles. The summed E-state index contributed by atoms with van der Waals surface area (Å²) in [7, 11) is 0. The third-order valence-electron chi connectivity index (χ3n) is 3.24. The van der Waals surface area contributed by atoms with Gasteiger partial charge in [-0.2, -0.15) is 0 Å². The van der Waals surface area contributed by atoms with Crippen LogP contribution >= 0.6 is 15.9 Å². The van der Waals surface area contributed by atoms with Gasteiger partial charge in [-0.3, -0.25) is 4.79 Å². The second-order valence-electron chi connectivity index (χ2n) is 5.05. The van der Waals surface area contributed by atoms with Gasteiger partial charge < -0.3 is 5.32 Å². The van der Waals surface area contributed by atoms with Gasteiger partial charge in [0.25, 0.3) is 5.91 Å². The third kappa shape index (κ3) is 6.24. The van der Waals surface area contributed by atoms with E-state index in [-0.39, 0.29) is 11.9 Å². The minimum atomic E-state index is 0.0316. The van der Waals surface area contributed by atoms with Gasteiger partial charge in [-0.1, -0.05) is 60.7 Å². The predicted octanol–water partition coefficient (Wildman–Crippen LogP) is 4.67. The van der Waals surface area contributed by atoms with Crippen LogP contribution in [-0.4, -0.2) is 11.9 Å². The van der Waals surface area contributed by atoms with Crippen molar-refractivity contribution in [3.05, 3.63) is 35.4 Å². The van der Waals surface area contributed by atoms with E-state index in [0.29, 0.717) is 0 Å². The summed E-state index contributed by atoms with van der Waals surface area (Å²) in [6.45, 7) is 4.29. The van der Waals surface area contributed by atoms with Gasteiger partial charge in [-0.15, -0.1) is 0 Å². The zero-order valence-electron chi connectivity index (χ0n) is 11.9. The third-order valence-corrected chi connectivity index (χ3v) is 3.89. The summed E-state index contributed by atoms with van der Waals surface area (Å²) in [5, 5.41) is 3.88. The quantitative estimate of drug-likeness (QED) is 0.546. The van der Waals surface area contributed by atoms with Crippen molar-refractivity contribution in [2.75, 3.05) is 0 Å². The van der Waals surface area contributed by atoms with Crippen LogP contribution in [0.2, 0.25) is 0 Å². The fourth-order valence-corrected chi connectivity index (χ4v) is 2.38. The number of benzene rings is 1. The van der Waals surface area contributed by atoms with Crippen LogP contribution in [0.15, 0.2) is 24.3 Å². The Bertz CT molecular complexity index is 375. The molecule has 0 saturated heterocycles. The van der Waals surface area contributed by atoms with Crippen LogP contribution in [-0.2, 0) is 5.33 Å². The lowest BCUT2D eigenvalue weighted by atomic mass is 10.1. The summed E-state index contributed by atoms with van der Waals surface area (Å²) in [6, 6.07) is 7.98. The maximum Gasteiger partial charge on any atom is 0.251 e. The lowest BCUT2D eigenvalue weighted by Crippen LogP contribution is -2.32. The molecule has 0 spiro atoms. The van der Waals surface area contributed by atoms with E-state index in [9.17, 15) is 4.79 Å². The molecule has 1 aromatic carbocycles. The van der Waals surface area contributed by atoms with Crippen LogP contribution in [0.3, 0.4) is 0 Å². The van der Waals surface area contributed by atoms with Crippen molar-refractivity contribution in [2.45, 2.75) is 57.3 Å². The van der Waals surface area contributed by atoms with Crippen molar-refractivity contribution in [3.8, 4) is 0 Å². The normalized spacial score (nSPS) is 12.2. The highest BCUT2D eigenvalue weighted by Gasteiger charge is 2.09. The van der Waals surface area contributed by atoms with Crippen molar-refractivity contribution in [1.29, 1.82) is 0 Å². The Morgan fingerprint density at radius 1 is 1.21 bits per heavy atom. The molecular formula is C16H24BrNO. The molecule has 0 aromatic heterocycles. The van der Waals surface area contributed by atoms with Gasteiger partial charge in [0.2, 0.25) is 0 Å². The lowest BCUT2D eigenvalue weighted by molar-refractivity contribution is 0.0938. The zero-order chi connectivity index (χ0) is 14.1. The molecule has 0 aliphatic heterocycles. The Morgan fingerprint density at radius 2 is 1.89 bits per heavy atom. The SMILES string of the molecule is CCCCCCC(C)NC(=O)c1ccc(CBr)cc1. The van der Waals surface area contributed by atoms with E-state index < -0.39 is 0 Å². The van der Waals surface area contributed by atoms with Gasteiger partial charge in [0, 0.05) is 16.9 Å². The molecule has 3 heteroatoms. The first-order chi connectivity index (χ1) is 9.17. The highest BCUT2D eigenvalue weighted by Crippen LogP contribution is 2.09. The molecule has 0 bridgehead atoms. The average molecular weight is 326 g/mol. The molecule has 19 heavy (non-hydrogen) atoms. The number of rotatable bonds is 8. The molecule has 1 atom stereocenters. The van der Waals surface area contributed by atoms with E-state index in [1.54, 1.807) is 0 Å². The second-order valence-corrected chi connectivity index (χ2v) is 5.62. The summed E-state index contributed by atoms with van der Waals surface area (Å²) >= 11 is 3.40. The Morgan fingerprint density at radius 3 is 2.47 bits per heavy atom. The zero-order valence-corrected chi connectivity index (χ0v) is 13.5. The Hall–Kier alpha value is -0.830. The van der Waals surface area contributed by atoms with Crippen LogP contribution in [0.25, 0.3) is 0 Å². The van der Waals surface area contributed by atoms with E-state index in [2.05, 4.69) is 35.1 Å². The Kier molecular flexibility index (Phi) is 7.80. The smallest absolute Gasteiger partial charge is 0.251 e. The van der Waals surface area contributed by atoms with E-state index in [4.69, 9.17) is 0 Å². The molecule has 0 fully saturated rings. The number of alkyl halides is 1. The summed E-state index contributed by atoms with van der Waals surface area (Å²) in [5.41, 5.74) is 1.93. The van der Waals surface area contributed by atoms with Crippen molar-refractivity contribution >= 4 is 21.8 Å². The maximum absolute atomic E-state index is 12.0. The highest BCUT2D eigenvalue weighted by molar-refractivity contribution is 9.08. The number of carbonyl (C=O) groups is 1. The summed E-state index contributed by atoms with van der Waals surface area (Å²) in [6.07, 6.45) is 6.05. The van der Waals surface area contributed by atoms with Crippen molar-refractivity contribution in [2.24, 2.45) is 0 Å². The van der Waals surface area contributed by atoms with Crippen LogP contribution in [0.5, 0.6) is 0 Å². The molecule has 2 nitrogen and oxygen atoms in total. The molecule has 1 rings (SSSR count). The van der Waals surface area contributed by atoms with Crippen molar-refractivity contribution in [3.63, 3.8) is 0 Å².